The van der Waals surface area contributed by atoms with Crippen LogP contribution in [0.1, 0.15) is 55.8 Å². The van der Waals surface area contributed by atoms with Crippen molar-refractivity contribution in [1.82, 2.24) is 4.57 Å². The van der Waals surface area contributed by atoms with Crippen molar-refractivity contribution in [3.63, 3.8) is 0 Å². The number of carboxylic acids is 2. The third kappa shape index (κ3) is 5.35. The first-order valence-corrected chi connectivity index (χ1v) is 11.6. The van der Waals surface area contributed by atoms with Crippen LogP contribution in [0, 0.1) is 0 Å². The molecule has 0 saturated heterocycles. The van der Waals surface area contributed by atoms with E-state index in [2.05, 4.69) is 40.7 Å². The van der Waals surface area contributed by atoms with Crippen LogP contribution >= 0.6 is 0 Å². The van der Waals surface area contributed by atoms with Gasteiger partial charge in [-0.25, -0.2) is 9.59 Å². The van der Waals surface area contributed by atoms with Gasteiger partial charge in [0, 0.05) is 24.3 Å². The first-order valence-electron chi connectivity index (χ1n) is 11.6. The first-order chi connectivity index (χ1) is 15.9. The van der Waals surface area contributed by atoms with E-state index in [9.17, 15) is 9.59 Å². The number of carboxylic acid groups (broad SMARTS) is 2. The van der Waals surface area contributed by atoms with Gasteiger partial charge in [-0.15, -0.1) is 0 Å². The van der Waals surface area contributed by atoms with Gasteiger partial charge < -0.3 is 19.5 Å². The van der Waals surface area contributed by atoms with Crippen LogP contribution in [-0.2, 0) is 29.0 Å². The summed E-state index contributed by atoms with van der Waals surface area (Å²) in [5, 5.41) is 15.6. The normalized spacial score (nSPS) is 17.2. The number of aliphatic imine (C=N–C) groups is 1. The van der Waals surface area contributed by atoms with Crippen LogP contribution in [-0.4, -0.2) is 45.1 Å². The Labute approximate surface area is 193 Å². The van der Waals surface area contributed by atoms with Crippen molar-refractivity contribution < 1.29 is 24.5 Å². The van der Waals surface area contributed by atoms with E-state index < -0.39 is 11.9 Å². The summed E-state index contributed by atoms with van der Waals surface area (Å²) in [7, 11) is 0. The first kappa shape index (κ1) is 22.8. The van der Waals surface area contributed by atoms with E-state index in [-0.39, 0.29) is 0 Å². The molecule has 174 valence electrons. The van der Waals surface area contributed by atoms with E-state index in [1.807, 2.05) is 0 Å². The summed E-state index contributed by atoms with van der Waals surface area (Å²) < 4.78 is 8.78. The van der Waals surface area contributed by atoms with Gasteiger partial charge in [0.1, 0.15) is 5.75 Å². The molecule has 5 rings (SSSR count). The molecular weight excluding hydrogens is 420 g/mol. The van der Waals surface area contributed by atoms with Crippen LogP contribution in [0.25, 0.3) is 11.3 Å². The zero-order chi connectivity index (χ0) is 23.4. The molecule has 1 saturated carbocycles. The van der Waals surface area contributed by atoms with E-state index in [4.69, 9.17) is 14.9 Å². The molecule has 0 spiro atoms. The van der Waals surface area contributed by atoms with Crippen molar-refractivity contribution in [2.45, 2.75) is 64.5 Å². The highest BCUT2D eigenvalue weighted by molar-refractivity contribution is 5.99. The lowest BCUT2D eigenvalue weighted by atomic mass is 9.90. The topological polar surface area (TPSA) is 101 Å². The third-order valence-corrected chi connectivity index (χ3v) is 6.44. The number of hydrogen-bond donors (Lipinski definition) is 2. The zero-order valence-electron chi connectivity index (χ0n) is 18.9. The van der Waals surface area contributed by atoms with Gasteiger partial charge in [0.15, 0.2) is 0 Å². The minimum Gasteiger partial charge on any atom is -0.490 e. The van der Waals surface area contributed by atoms with Gasteiger partial charge >= 0.3 is 11.9 Å². The molecule has 0 unspecified atom stereocenters. The minimum absolute atomic E-state index is 0.422. The predicted octanol–water partition coefficient (Wildman–Crippen LogP) is 4.50. The van der Waals surface area contributed by atoms with Crippen molar-refractivity contribution in [1.29, 1.82) is 0 Å². The molecule has 0 bridgehead atoms. The SMILES string of the molecule is CC1=NCCn2c1cc1c2-c2ccc(OC3CCCCC3)cc2CC1.O=C(O)C=CC(=O)O. The summed E-state index contributed by atoms with van der Waals surface area (Å²) in [4.78, 5) is 23.7. The number of aryl methyl sites for hydroxylation is 2. The summed E-state index contributed by atoms with van der Waals surface area (Å²) in [5.41, 5.74) is 8.25. The Morgan fingerprint density at radius 3 is 2.42 bits per heavy atom. The average Bonchev–Trinajstić information content (AvgIpc) is 3.19. The maximum absolute atomic E-state index is 9.55. The lowest BCUT2D eigenvalue weighted by Gasteiger charge is -2.25. The molecule has 0 radical (unpaired) electrons. The Morgan fingerprint density at radius 2 is 1.73 bits per heavy atom. The number of ether oxygens (including phenoxy) is 1. The standard InChI is InChI=1S/C22H26N2O.C4H4O4/c1-15-21-14-17-8-7-16-13-19(25-18-5-3-2-4-6-18)9-10-20(16)22(17)24(21)12-11-23-15;5-3(6)1-2-4(7)8/h9-10,13-14,18H,2-8,11-12H2,1H3;1-2H,(H,5,6)(H,7,8). The van der Waals surface area contributed by atoms with Crippen LogP contribution in [0.4, 0.5) is 0 Å². The Balaban J connectivity index is 0.000000281. The maximum atomic E-state index is 9.55. The lowest BCUT2D eigenvalue weighted by molar-refractivity contribution is -0.134. The highest BCUT2D eigenvalue weighted by Gasteiger charge is 2.25. The zero-order valence-corrected chi connectivity index (χ0v) is 18.9. The molecule has 2 heterocycles. The second-order valence-corrected chi connectivity index (χ2v) is 8.73. The van der Waals surface area contributed by atoms with E-state index in [0.717, 1.165) is 31.7 Å². The molecule has 1 fully saturated rings. The second-order valence-electron chi connectivity index (χ2n) is 8.73. The second kappa shape index (κ2) is 10.1. The van der Waals surface area contributed by atoms with Crippen LogP contribution in [0.2, 0.25) is 0 Å². The van der Waals surface area contributed by atoms with Crippen LogP contribution in [0.15, 0.2) is 41.4 Å². The summed E-state index contributed by atoms with van der Waals surface area (Å²) in [5.74, 6) is -1.45. The fraction of sp³-hybridized carbons (Fsp3) is 0.423. The Kier molecular flexibility index (Phi) is 6.96. The molecule has 2 N–H and O–H groups in total. The van der Waals surface area contributed by atoms with Crippen molar-refractivity contribution in [2.24, 2.45) is 4.99 Å². The van der Waals surface area contributed by atoms with Gasteiger partial charge in [-0.1, -0.05) is 6.42 Å². The molecule has 2 aromatic rings. The van der Waals surface area contributed by atoms with Gasteiger partial charge in [0.25, 0.3) is 0 Å². The third-order valence-electron chi connectivity index (χ3n) is 6.44. The Hall–Kier alpha value is -3.35. The smallest absolute Gasteiger partial charge is 0.328 e. The Morgan fingerprint density at radius 1 is 1.03 bits per heavy atom. The van der Waals surface area contributed by atoms with Crippen LogP contribution in [0.5, 0.6) is 5.75 Å². The highest BCUT2D eigenvalue weighted by Crippen LogP contribution is 2.38. The molecule has 0 atom stereocenters. The number of rotatable bonds is 4. The highest BCUT2D eigenvalue weighted by atomic mass is 16.5. The molecule has 0 amide bonds. The molecule has 1 aliphatic heterocycles. The van der Waals surface area contributed by atoms with E-state index in [0.29, 0.717) is 18.3 Å². The van der Waals surface area contributed by atoms with E-state index in [1.54, 1.807) is 0 Å². The van der Waals surface area contributed by atoms with Crippen molar-refractivity contribution in [3.8, 4) is 17.0 Å². The van der Waals surface area contributed by atoms with Gasteiger partial charge in [-0.2, -0.15) is 0 Å². The number of fused-ring (bicyclic) bond motifs is 5. The predicted molar refractivity (Wildman–Crippen MR) is 126 cm³/mol. The quantitative estimate of drug-likeness (QED) is 0.668. The maximum Gasteiger partial charge on any atom is 0.328 e. The summed E-state index contributed by atoms with van der Waals surface area (Å²) in [6.45, 7) is 4.04. The van der Waals surface area contributed by atoms with Crippen molar-refractivity contribution >= 4 is 17.7 Å². The fourth-order valence-corrected chi connectivity index (χ4v) is 4.91. The molecule has 1 aromatic heterocycles. The molecule has 7 heteroatoms. The molecule has 3 aliphatic rings. The van der Waals surface area contributed by atoms with Crippen LogP contribution in [0.3, 0.4) is 0 Å². The molecule has 1 aromatic carbocycles. The molecule has 2 aliphatic carbocycles. The van der Waals surface area contributed by atoms with Gasteiger partial charge in [0.2, 0.25) is 0 Å². The minimum atomic E-state index is -1.26. The van der Waals surface area contributed by atoms with Gasteiger partial charge in [-0.3, -0.25) is 4.99 Å². The van der Waals surface area contributed by atoms with Gasteiger partial charge in [0.05, 0.1) is 29.7 Å². The Bertz CT molecular complexity index is 1090. The largest absolute Gasteiger partial charge is 0.490 e. The summed E-state index contributed by atoms with van der Waals surface area (Å²) in [6.07, 6.45) is 10.2. The van der Waals surface area contributed by atoms with Crippen LogP contribution < -0.4 is 4.74 Å². The van der Waals surface area contributed by atoms with Crippen molar-refractivity contribution in [2.75, 3.05) is 6.54 Å². The fourth-order valence-electron chi connectivity index (χ4n) is 4.91. The van der Waals surface area contributed by atoms with E-state index >= 15 is 0 Å². The van der Waals surface area contributed by atoms with Crippen molar-refractivity contribution in [3.05, 3.63) is 53.2 Å². The average molecular weight is 451 g/mol. The molecule has 7 nitrogen and oxygen atoms in total. The lowest BCUT2D eigenvalue weighted by Crippen LogP contribution is -2.20. The monoisotopic (exact) mass is 450 g/mol. The summed E-state index contributed by atoms with van der Waals surface area (Å²) >= 11 is 0. The number of nitrogens with zero attached hydrogens (tertiary/aromatic N) is 2. The van der Waals surface area contributed by atoms with Gasteiger partial charge in [-0.05, 0) is 80.8 Å². The number of hydrogen-bond acceptors (Lipinski definition) is 4. The van der Waals surface area contributed by atoms with E-state index in [1.165, 1.54) is 65.9 Å². The number of benzene rings is 1. The number of carbonyl (C=O) groups is 2. The summed E-state index contributed by atoms with van der Waals surface area (Å²) in [6, 6.07) is 9.14. The molecule has 33 heavy (non-hydrogen) atoms. The number of aliphatic carboxylic acids is 2. The molecular formula is C26H30N2O5. The number of aromatic nitrogens is 1.